The van der Waals surface area contributed by atoms with Gasteiger partial charge < -0.3 is 15.7 Å². The number of carboxylic acid groups (broad SMARTS) is 1. The summed E-state index contributed by atoms with van der Waals surface area (Å²) in [6.07, 6.45) is 0.491. The summed E-state index contributed by atoms with van der Waals surface area (Å²) in [4.78, 5) is 34.8. The zero-order chi connectivity index (χ0) is 17.5. The molecule has 2 amide bonds. The van der Waals surface area contributed by atoms with Gasteiger partial charge in [0.1, 0.15) is 6.04 Å². The van der Waals surface area contributed by atoms with Crippen LogP contribution in [0.1, 0.15) is 32.8 Å². The van der Waals surface area contributed by atoms with Crippen molar-refractivity contribution in [2.45, 2.75) is 39.7 Å². The van der Waals surface area contributed by atoms with E-state index >= 15 is 0 Å². The molecule has 1 aromatic rings. The predicted octanol–water partition coefficient (Wildman–Crippen LogP) is 1.35. The van der Waals surface area contributed by atoms with Crippen molar-refractivity contribution in [2.75, 3.05) is 6.54 Å². The van der Waals surface area contributed by atoms with E-state index in [2.05, 4.69) is 10.6 Å². The minimum atomic E-state index is -1.11. The van der Waals surface area contributed by atoms with Crippen molar-refractivity contribution < 1.29 is 19.5 Å². The zero-order valence-electron chi connectivity index (χ0n) is 13.8. The van der Waals surface area contributed by atoms with Crippen LogP contribution in [0.5, 0.6) is 0 Å². The van der Waals surface area contributed by atoms with Crippen molar-refractivity contribution in [1.29, 1.82) is 0 Å². The van der Waals surface area contributed by atoms with Crippen LogP contribution in [-0.2, 0) is 20.8 Å². The van der Waals surface area contributed by atoms with Crippen molar-refractivity contribution in [1.82, 2.24) is 10.6 Å². The molecule has 0 aliphatic heterocycles. The van der Waals surface area contributed by atoms with Crippen molar-refractivity contribution in [2.24, 2.45) is 5.41 Å². The van der Waals surface area contributed by atoms with Crippen LogP contribution in [0.2, 0.25) is 0 Å². The molecule has 1 atom stereocenters. The smallest absolute Gasteiger partial charge is 0.326 e. The number of hydrogen-bond donors (Lipinski definition) is 3. The fourth-order valence-electron chi connectivity index (χ4n) is 2.02. The van der Waals surface area contributed by atoms with E-state index in [1.165, 1.54) is 0 Å². The molecule has 0 saturated carbocycles. The highest BCUT2D eigenvalue weighted by molar-refractivity contribution is 5.88. The normalized spacial score (nSPS) is 12.3. The lowest BCUT2D eigenvalue weighted by atomic mass is 9.92. The van der Waals surface area contributed by atoms with Crippen LogP contribution in [0.4, 0.5) is 0 Å². The summed E-state index contributed by atoms with van der Waals surface area (Å²) in [6, 6.07) is 8.03. The van der Waals surface area contributed by atoms with Crippen molar-refractivity contribution in [3.8, 4) is 0 Å². The van der Waals surface area contributed by atoms with Gasteiger partial charge in [0.05, 0.1) is 6.54 Å². The molecule has 0 saturated heterocycles. The highest BCUT2D eigenvalue weighted by Crippen LogP contribution is 2.17. The molecule has 6 heteroatoms. The second kappa shape index (κ2) is 8.31. The molecule has 126 valence electrons. The Hall–Kier alpha value is -2.37. The summed E-state index contributed by atoms with van der Waals surface area (Å²) in [5.74, 6) is -1.86. The standard InChI is InChI=1S/C17H24N2O4/c1-17(2,3)10-14(20)18-11-15(21)19-13(16(22)23)9-12-7-5-4-6-8-12/h4-8,13H,9-11H2,1-3H3,(H,18,20)(H,19,21)(H,22,23)/t13-/m0/s1. The number of amides is 2. The average molecular weight is 320 g/mol. The largest absolute Gasteiger partial charge is 0.480 e. The van der Waals surface area contributed by atoms with Crippen molar-refractivity contribution in [3.05, 3.63) is 35.9 Å². The summed E-state index contributed by atoms with van der Waals surface area (Å²) in [5, 5.41) is 14.1. The number of carbonyl (C=O) groups is 3. The van der Waals surface area contributed by atoms with Gasteiger partial charge in [0.2, 0.25) is 11.8 Å². The summed E-state index contributed by atoms with van der Waals surface area (Å²) >= 11 is 0. The molecule has 0 bridgehead atoms. The Bertz CT molecular complexity index is 549. The maximum atomic E-state index is 11.8. The lowest BCUT2D eigenvalue weighted by Crippen LogP contribution is -2.46. The van der Waals surface area contributed by atoms with E-state index in [0.29, 0.717) is 6.42 Å². The fourth-order valence-corrected chi connectivity index (χ4v) is 2.02. The van der Waals surface area contributed by atoms with Gasteiger partial charge in [-0.25, -0.2) is 4.79 Å². The summed E-state index contributed by atoms with van der Waals surface area (Å²) in [6.45, 7) is 5.54. The molecule has 1 rings (SSSR count). The van der Waals surface area contributed by atoms with Crippen LogP contribution in [0.25, 0.3) is 0 Å². The molecule has 23 heavy (non-hydrogen) atoms. The van der Waals surface area contributed by atoms with Crippen molar-refractivity contribution in [3.63, 3.8) is 0 Å². The number of hydrogen-bond acceptors (Lipinski definition) is 3. The van der Waals surface area contributed by atoms with E-state index < -0.39 is 17.9 Å². The Morgan fingerprint density at radius 2 is 1.70 bits per heavy atom. The third kappa shape index (κ3) is 7.99. The zero-order valence-corrected chi connectivity index (χ0v) is 13.8. The Balaban J connectivity index is 2.49. The van der Waals surface area contributed by atoms with E-state index in [9.17, 15) is 19.5 Å². The summed E-state index contributed by atoms with van der Waals surface area (Å²) < 4.78 is 0. The van der Waals surface area contributed by atoms with Crippen LogP contribution < -0.4 is 10.6 Å². The lowest BCUT2D eigenvalue weighted by Gasteiger charge is -2.18. The molecular weight excluding hydrogens is 296 g/mol. The highest BCUT2D eigenvalue weighted by Gasteiger charge is 2.21. The second-order valence-corrected chi connectivity index (χ2v) is 6.66. The minimum Gasteiger partial charge on any atom is -0.480 e. The second-order valence-electron chi connectivity index (χ2n) is 6.66. The average Bonchev–Trinajstić information content (AvgIpc) is 2.43. The molecule has 0 aliphatic rings. The molecule has 1 aromatic carbocycles. The highest BCUT2D eigenvalue weighted by atomic mass is 16.4. The maximum Gasteiger partial charge on any atom is 0.326 e. The Labute approximate surface area is 136 Å². The Morgan fingerprint density at radius 1 is 1.09 bits per heavy atom. The molecule has 0 aromatic heterocycles. The first-order valence-corrected chi connectivity index (χ1v) is 7.50. The summed E-state index contributed by atoms with van der Waals surface area (Å²) in [7, 11) is 0. The number of carboxylic acids is 1. The van der Waals surface area contributed by atoms with Gasteiger partial charge in [0.25, 0.3) is 0 Å². The predicted molar refractivity (Wildman–Crippen MR) is 86.8 cm³/mol. The van der Waals surface area contributed by atoms with E-state index in [-0.39, 0.29) is 24.3 Å². The third-order valence-corrected chi connectivity index (χ3v) is 3.05. The van der Waals surface area contributed by atoms with Gasteiger partial charge >= 0.3 is 5.97 Å². The SMILES string of the molecule is CC(C)(C)CC(=O)NCC(=O)N[C@@H](Cc1ccccc1)C(=O)O. The van der Waals surface area contributed by atoms with Gasteiger partial charge in [0, 0.05) is 12.8 Å². The lowest BCUT2D eigenvalue weighted by molar-refractivity contribution is -0.141. The van der Waals surface area contributed by atoms with Crippen LogP contribution in [-0.4, -0.2) is 35.5 Å². The molecular formula is C17H24N2O4. The third-order valence-electron chi connectivity index (χ3n) is 3.05. The molecule has 0 spiro atoms. The van der Waals surface area contributed by atoms with Gasteiger partial charge in [-0.3, -0.25) is 9.59 Å². The molecule has 0 unspecified atom stereocenters. The Kier molecular flexibility index (Phi) is 6.75. The van der Waals surface area contributed by atoms with Gasteiger partial charge in [-0.05, 0) is 11.0 Å². The summed E-state index contributed by atoms with van der Waals surface area (Å²) in [5.41, 5.74) is 0.647. The number of aliphatic carboxylic acids is 1. The van der Waals surface area contributed by atoms with Gasteiger partial charge in [-0.2, -0.15) is 0 Å². The molecule has 6 nitrogen and oxygen atoms in total. The molecule has 0 radical (unpaired) electrons. The topological polar surface area (TPSA) is 95.5 Å². The van der Waals surface area contributed by atoms with Crippen LogP contribution in [0.15, 0.2) is 30.3 Å². The van der Waals surface area contributed by atoms with E-state index in [1.807, 2.05) is 39.0 Å². The molecule has 3 N–H and O–H groups in total. The molecule has 0 fully saturated rings. The molecule has 0 heterocycles. The first kappa shape index (κ1) is 18.7. The van der Waals surface area contributed by atoms with Crippen LogP contribution >= 0.6 is 0 Å². The van der Waals surface area contributed by atoms with Crippen LogP contribution in [0.3, 0.4) is 0 Å². The van der Waals surface area contributed by atoms with Crippen LogP contribution in [0, 0.1) is 5.41 Å². The number of benzene rings is 1. The molecule has 0 aliphatic carbocycles. The monoisotopic (exact) mass is 320 g/mol. The number of nitrogens with one attached hydrogen (secondary N) is 2. The fraction of sp³-hybridized carbons (Fsp3) is 0.471. The van der Waals surface area contributed by atoms with Gasteiger partial charge in [-0.1, -0.05) is 51.1 Å². The minimum absolute atomic E-state index is 0.169. The van der Waals surface area contributed by atoms with E-state index in [4.69, 9.17) is 0 Å². The quantitative estimate of drug-likeness (QED) is 0.706. The maximum absolute atomic E-state index is 11.8. The number of rotatable bonds is 7. The first-order valence-electron chi connectivity index (χ1n) is 7.50. The first-order chi connectivity index (χ1) is 10.7. The number of carbonyl (C=O) groups excluding carboxylic acids is 2. The Morgan fingerprint density at radius 3 is 2.22 bits per heavy atom. The van der Waals surface area contributed by atoms with E-state index in [0.717, 1.165) is 5.56 Å². The van der Waals surface area contributed by atoms with Crippen molar-refractivity contribution >= 4 is 17.8 Å². The van der Waals surface area contributed by atoms with Gasteiger partial charge in [0.15, 0.2) is 0 Å². The van der Waals surface area contributed by atoms with E-state index in [1.54, 1.807) is 12.1 Å². The van der Waals surface area contributed by atoms with Gasteiger partial charge in [-0.15, -0.1) is 0 Å².